The summed E-state index contributed by atoms with van der Waals surface area (Å²) < 4.78 is 15.3. The molecule has 0 bridgehead atoms. The summed E-state index contributed by atoms with van der Waals surface area (Å²) in [7, 11) is 0. The predicted molar refractivity (Wildman–Crippen MR) is 87.7 cm³/mol. The van der Waals surface area contributed by atoms with Crippen LogP contribution in [0.15, 0.2) is 12.3 Å². The van der Waals surface area contributed by atoms with Crippen LogP contribution in [0.2, 0.25) is 10.2 Å². The maximum absolute atomic E-state index is 13.7. The molecule has 0 unspecified atom stereocenters. The third-order valence-electron chi connectivity index (χ3n) is 1.79. The Bertz CT molecular complexity index is 551. The highest BCUT2D eigenvalue weighted by Gasteiger charge is 2.16. The molecule has 86 valence electrons. The van der Waals surface area contributed by atoms with Crippen LogP contribution in [-0.4, -0.2) is 8.96 Å². The minimum atomic E-state index is -0.512. The van der Waals surface area contributed by atoms with Crippen molar-refractivity contribution in [3.63, 3.8) is 0 Å². The van der Waals surface area contributed by atoms with E-state index in [-0.39, 0.29) is 12.6 Å². The molecule has 0 aromatic carbocycles. The number of halogens is 5. The summed E-state index contributed by atoms with van der Waals surface area (Å²) in [6, 6.07) is 1.65. The standard InChI is InChI=1S/C7H2Cl2FI2N2PS/c8-4-5(10)3-1-2-14(16-15(11)12)7(3)13-6(4)9/h1-2H. The van der Waals surface area contributed by atoms with Crippen LogP contribution in [0.25, 0.3) is 11.0 Å². The molecule has 0 aliphatic rings. The van der Waals surface area contributed by atoms with Crippen LogP contribution >= 0.6 is 81.3 Å². The lowest BCUT2D eigenvalue weighted by Crippen LogP contribution is -1.89. The van der Waals surface area contributed by atoms with Crippen LogP contribution < -0.4 is 0 Å². The molecule has 0 fully saturated rings. The number of nitrogens with zero attached hydrogens (tertiary/aromatic N) is 2. The van der Waals surface area contributed by atoms with E-state index in [1.807, 2.05) is 3.97 Å². The zero-order chi connectivity index (χ0) is 11.9. The van der Waals surface area contributed by atoms with E-state index in [1.165, 1.54) is 0 Å². The Morgan fingerprint density at radius 3 is 2.75 bits per heavy atom. The van der Waals surface area contributed by atoms with Crippen LogP contribution in [0.1, 0.15) is 0 Å². The van der Waals surface area contributed by atoms with Crippen LogP contribution in [0.3, 0.4) is 0 Å². The van der Waals surface area contributed by atoms with E-state index in [9.17, 15) is 4.39 Å². The van der Waals surface area contributed by atoms with Gasteiger partial charge in [0.1, 0.15) is 7.43 Å². The highest BCUT2D eigenvalue weighted by Crippen LogP contribution is 2.65. The van der Waals surface area contributed by atoms with Gasteiger partial charge in [0, 0.05) is 17.8 Å². The second kappa shape index (κ2) is 5.61. The topological polar surface area (TPSA) is 17.8 Å². The van der Waals surface area contributed by atoms with Gasteiger partial charge < -0.3 is 0 Å². The van der Waals surface area contributed by atoms with Crippen molar-refractivity contribution in [3.8, 4) is 0 Å². The first-order valence-corrected chi connectivity index (χ1v) is 12.9. The lowest BCUT2D eigenvalue weighted by molar-refractivity contribution is 0.639. The van der Waals surface area contributed by atoms with Gasteiger partial charge in [0.25, 0.3) is 0 Å². The molecule has 0 saturated heterocycles. The molecule has 16 heavy (non-hydrogen) atoms. The van der Waals surface area contributed by atoms with E-state index in [0.29, 0.717) is 11.0 Å². The molecular weight excluding hydrogens is 519 g/mol. The summed E-state index contributed by atoms with van der Waals surface area (Å²) in [5.41, 5.74) is 0.512. The van der Waals surface area contributed by atoms with Crippen LogP contribution in [0.5, 0.6) is 0 Å². The van der Waals surface area contributed by atoms with E-state index < -0.39 is 5.82 Å². The first-order chi connectivity index (χ1) is 7.50. The van der Waals surface area contributed by atoms with Crippen molar-refractivity contribution in [2.24, 2.45) is 0 Å². The van der Waals surface area contributed by atoms with E-state index in [1.54, 1.807) is 23.8 Å². The molecule has 2 aromatic heterocycles. The summed E-state index contributed by atoms with van der Waals surface area (Å²) in [4.78, 5) is 4.09. The molecular formula is C7H2Cl2FI2N2PS. The number of hydrogen-bond donors (Lipinski definition) is 0. The Hall–Kier alpha value is 1.44. The zero-order valence-electron chi connectivity index (χ0n) is 7.29. The molecule has 0 aliphatic heterocycles. The monoisotopic (exact) mass is 520 g/mol. The van der Waals surface area contributed by atoms with Gasteiger partial charge in [-0.3, -0.25) is 3.97 Å². The van der Waals surface area contributed by atoms with Gasteiger partial charge in [-0.15, -0.1) is 0 Å². The quantitative estimate of drug-likeness (QED) is 0.271. The van der Waals surface area contributed by atoms with Crippen molar-refractivity contribution < 1.29 is 4.39 Å². The summed E-state index contributed by atoms with van der Waals surface area (Å²) >= 11 is 17.6. The Labute approximate surface area is 132 Å². The van der Waals surface area contributed by atoms with Crippen molar-refractivity contribution in [1.82, 2.24) is 8.96 Å². The smallest absolute Gasteiger partial charge is 0.155 e. The van der Waals surface area contributed by atoms with Gasteiger partial charge in [-0.1, -0.05) is 23.2 Å². The predicted octanol–water partition coefficient (Wildman–Crippen LogP) is 6.08. The van der Waals surface area contributed by atoms with Crippen molar-refractivity contribution >= 4 is 92.3 Å². The second-order valence-electron chi connectivity index (χ2n) is 2.69. The number of aromatic nitrogens is 2. The first kappa shape index (κ1) is 13.9. The van der Waals surface area contributed by atoms with Gasteiger partial charge in [-0.05, 0) is 50.1 Å². The molecule has 9 heteroatoms. The minimum Gasteiger partial charge on any atom is -0.270 e. The van der Waals surface area contributed by atoms with Gasteiger partial charge in [0.2, 0.25) is 0 Å². The average molecular weight is 521 g/mol. The molecule has 0 spiro atoms. The fourth-order valence-corrected chi connectivity index (χ4v) is 6.15. The van der Waals surface area contributed by atoms with Crippen molar-refractivity contribution in [3.05, 3.63) is 28.3 Å². The lowest BCUT2D eigenvalue weighted by atomic mass is 10.3. The van der Waals surface area contributed by atoms with Gasteiger partial charge in [-0.25, -0.2) is 9.37 Å². The fourth-order valence-electron chi connectivity index (χ4n) is 1.17. The normalized spacial score (nSPS) is 11.6. The van der Waals surface area contributed by atoms with E-state index in [2.05, 4.69) is 49.1 Å². The molecule has 0 atom stereocenters. The van der Waals surface area contributed by atoms with E-state index in [0.717, 1.165) is 0 Å². The van der Waals surface area contributed by atoms with Gasteiger partial charge in [-0.2, -0.15) is 0 Å². The molecule has 0 radical (unpaired) electrons. The van der Waals surface area contributed by atoms with Crippen LogP contribution in [-0.2, 0) is 0 Å². The lowest BCUT2D eigenvalue weighted by Gasteiger charge is -2.05. The molecule has 0 saturated carbocycles. The molecule has 0 amide bonds. The second-order valence-corrected chi connectivity index (χ2v) is 21.2. The van der Waals surface area contributed by atoms with E-state index in [4.69, 9.17) is 23.2 Å². The Morgan fingerprint density at radius 1 is 1.44 bits per heavy atom. The largest absolute Gasteiger partial charge is 0.270 e. The molecule has 0 aliphatic carbocycles. The minimum absolute atomic E-state index is 0.00143. The summed E-state index contributed by atoms with van der Waals surface area (Å²) in [5.74, 6) is -0.512. The molecule has 2 rings (SSSR count). The maximum atomic E-state index is 13.7. The Morgan fingerprint density at radius 2 is 2.12 bits per heavy atom. The van der Waals surface area contributed by atoms with Gasteiger partial charge in [0.15, 0.2) is 16.6 Å². The summed E-state index contributed by atoms with van der Waals surface area (Å²) in [5, 5.41) is 0.271. The zero-order valence-corrected chi connectivity index (χ0v) is 14.8. The Balaban J connectivity index is 2.64. The summed E-state index contributed by atoms with van der Waals surface area (Å²) in [6.07, 6.45) is 1.77. The number of rotatable bonds is 2. The third-order valence-corrected chi connectivity index (χ3v) is 7.17. The number of fused-ring (bicyclic) bond motifs is 1. The van der Waals surface area contributed by atoms with Gasteiger partial charge in [0.05, 0.1) is 5.39 Å². The van der Waals surface area contributed by atoms with Crippen molar-refractivity contribution in [1.29, 1.82) is 0 Å². The first-order valence-electron chi connectivity index (χ1n) is 3.82. The third kappa shape index (κ3) is 2.71. The molecule has 2 heterocycles. The molecule has 2 aromatic rings. The molecule has 0 N–H and O–H groups in total. The fraction of sp³-hybridized carbons (Fsp3) is 0. The van der Waals surface area contributed by atoms with Crippen LogP contribution in [0.4, 0.5) is 4.39 Å². The van der Waals surface area contributed by atoms with Gasteiger partial charge >= 0.3 is 0 Å². The molecule has 2 nitrogen and oxygen atoms in total. The summed E-state index contributed by atoms with van der Waals surface area (Å²) in [6.45, 7) is 0. The SMILES string of the molecule is Fc1c(Cl)c(Cl)nc2c1ccn2SP(I)I. The number of pyridine rings is 1. The van der Waals surface area contributed by atoms with Crippen molar-refractivity contribution in [2.75, 3.05) is 0 Å². The average Bonchev–Trinajstić information content (AvgIpc) is 2.58. The maximum Gasteiger partial charge on any atom is 0.155 e. The van der Waals surface area contributed by atoms with Crippen molar-refractivity contribution in [2.45, 2.75) is 0 Å². The van der Waals surface area contributed by atoms with Crippen LogP contribution in [0, 0.1) is 5.82 Å². The number of hydrogen-bond acceptors (Lipinski definition) is 2. The van der Waals surface area contributed by atoms with E-state index >= 15 is 0 Å². The highest BCUT2D eigenvalue weighted by molar-refractivity contribution is 14.3. The highest BCUT2D eigenvalue weighted by atomic mass is 127. The Kier molecular flexibility index (Phi) is 4.86.